The summed E-state index contributed by atoms with van der Waals surface area (Å²) in [5.41, 5.74) is -1.77. The van der Waals surface area contributed by atoms with Gasteiger partial charge in [-0.25, -0.2) is 8.78 Å². The minimum absolute atomic E-state index is 0.244. The Hall–Kier alpha value is -1.22. The molecule has 1 nitrogen and oxygen atoms in total. The predicted molar refractivity (Wildman–Crippen MR) is 55.4 cm³/mol. The Morgan fingerprint density at radius 3 is 2.40 bits per heavy atom. The second-order valence-electron chi connectivity index (χ2n) is 3.70. The van der Waals surface area contributed by atoms with E-state index in [4.69, 9.17) is 0 Å². The normalized spacial score (nSPS) is 14.7. The summed E-state index contributed by atoms with van der Waals surface area (Å²) in [7, 11) is 0. The molecule has 82 valence electrons. The third-order valence-electron chi connectivity index (χ3n) is 2.34. The van der Waals surface area contributed by atoms with Crippen LogP contribution < -0.4 is 0 Å². The van der Waals surface area contributed by atoms with Crippen molar-refractivity contribution in [1.82, 2.24) is 0 Å². The summed E-state index contributed by atoms with van der Waals surface area (Å²) in [5, 5.41) is 9.95. The highest BCUT2D eigenvalue weighted by Crippen LogP contribution is 2.30. The lowest BCUT2D eigenvalue weighted by molar-refractivity contribution is 0.0412. The van der Waals surface area contributed by atoms with Crippen molar-refractivity contribution in [3.05, 3.63) is 48.1 Å². The van der Waals surface area contributed by atoms with Crippen LogP contribution in [0.25, 0.3) is 0 Å². The summed E-state index contributed by atoms with van der Waals surface area (Å²) >= 11 is 0. The number of aliphatic hydroxyl groups is 1. The van der Waals surface area contributed by atoms with Crippen LogP contribution in [-0.4, -0.2) is 5.11 Å². The molecule has 0 heterocycles. The fourth-order valence-corrected chi connectivity index (χ4v) is 1.52. The van der Waals surface area contributed by atoms with Crippen LogP contribution in [0.1, 0.15) is 25.3 Å². The molecule has 0 amide bonds. The molecule has 0 saturated heterocycles. The zero-order valence-corrected chi connectivity index (χ0v) is 8.63. The maximum absolute atomic E-state index is 13.3. The fourth-order valence-electron chi connectivity index (χ4n) is 1.52. The zero-order valence-electron chi connectivity index (χ0n) is 8.63. The number of allylic oxidation sites excluding steroid dienone is 1. The highest BCUT2D eigenvalue weighted by atomic mass is 19.1. The molecule has 0 aromatic heterocycles. The van der Waals surface area contributed by atoms with Gasteiger partial charge in [0, 0.05) is 0 Å². The van der Waals surface area contributed by atoms with Gasteiger partial charge >= 0.3 is 0 Å². The Balaban J connectivity index is 3.07. The smallest absolute Gasteiger partial charge is 0.132 e. The van der Waals surface area contributed by atoms with Crippen LogP contribution in [0, 0.1) is 11.6 Å². The van der Waals surface area contributed by atoms with Crippen molar-refractivity contribution in [3.8, 4) is 0 Å². The van der Waals surface area contributed by atoms with Crippen molar-refractivity contribution in [1.29, 1.82) is 0 Å². The van der Waals surface area contributed by atoms with E-state index in [-0.39, 0.29) is 12.0 Å². The lowest BCUT2D eigenvalue weighted by Crippen LogP contribution is -2.24. The summed E-state index contributed by atoms with van der Waals surface area (Å²) in [4.78, 5) is 0. The fraction of sp³-hybridized carbons (Fsp3) is 0.333. The van der Waals surface area contributed by atoms with Crippen molar-refractivity contribution < 1.29 is 13.9 Å². The van der Waals surface area contributed by atoms with Gasteiger partial charge in [-0.2, -0.15) is 0 Å². The Bertz CT molecular complexity index is 338. The lowest BCUT2D eigenvalue weighted by Gasteiger charge is -2.24. The van der Waals surface area contributed by atoms with Gasteiger partial charge in [-0.1, -0.05) is 12.1 Å². The summed E-state index contributed by atoms with van der Waals surface area (Å²) in [6, 6.07) is 3.55. The van der Waals surface area contributed by atoms with Gasteiger partial charge < -0.3 is 5.11 Å². The van der Waals surface area contributed by atoms with Crippen molar-refractivity contribution in [3.63, 3.8) is 0 Å². The van der Waals surface area contributed by atoms with Crippen LogP contribution in [0.15, 0.2) is 30.9 Å². The Kier molecular flexibility index (Phi) is 3.58. The topological polar surface area (TPSA) is 20.2 Å². The minimum atomic E-state index is -1.50. The van der Waals surface area contributed by atoms with Gasteiger partial charge in [0.15, 0.2) is 0 Å². The summed E-state index contributed by atoms with van der Waals surface area (Å²) in [6.45, 7) is 4.90. The van der Waals surface area contributed by atoms with Crippen molar-refractivity contribution in [2.75, 3.05) is 0 Å². The highest BCUT2D eigenvalue weighted by molar-refractivity contribution is 5.25. The van der Waals surface area contributed by atoms with E-state index >= 15 is 0 Å². The molecule has 1 N–H and O–H groups in total. The Morgan fingerprint density at radius 2 is 1.93 bits per heavy atom. The van der Waals surface area contributed by atoms with Crippen LogP contribution in [0.4, 0.5) is 8.78 Å². The van der Waals surface area contributed by atoms with E-state index in [0.29, 0.717) is 6.42 Å². The van der Waals surface area contributed by atoms with Gasteiger partial charge in [0.05, 0.1) is 11.2 Å². The molecule has 1 aromatic rings. The molecule has 1 rings (SSSR count). The largest absolute Gasteiger partial charge is 0.385 e. The number of halogens is 2. The first-order chi connectivity index (χ1) is 6.99. The molecule has 0 aliphatic rings. The monoisotopic (exact) mass is 212 g/mol. The molecule has 3 heteroatoms. The van der Waals surface area contributed by atoms with Crippen LogP contribution in [0.5, 0.6) is 0 Å². The summed E-state index contributed by atoms with van der Waals surface area (Å²) in [6.07, 6.45) is 2.35. The second-order valence-corrected chi connectivity index (χ2v) is 3.70. The highest BCUT2D eigenvalue weighted by Gasteiger charge is 2.28. The lowest BCUT2D eigenvalue weighted by atomic mass is 9.90. The molecular formula is C12H14F2O. The van der Waals surface area contributed by atoms with E-state index in [1.54, 1.807) is 6.08 Å². The zero-order chi connectivity index (χ0) is 11.5. The molecule has 15 heavy (non-hydrogen) atoms. The first-order valence-corrected chi connectivity index (χ1v) is 4.77. The molecule has 0 aliphatic heterocycles. The van der Waals surface area contributed by atoms with Gasteiger partial charge in [-0.3, -0.25) is 0 Å². The minimum Gasteiger partial charge on any atom is -0.385 e. The maximum Gasteiger partial charge on any atom is 0.132 e. The van der Waals surface area contributed by atoms with Crippen LogP contribution >= 0.6 is 0 Å². The van der Waals surface area contributed by atoms with Crippen molar-refractivity contribution in [2.45, 2.75) is 25.4 Å². The SMILES string of the molecule is C=CCCC(C)(O)c1c(F)cccc1F. The predicted octanol–water partition coefficient (Wildman–Crippen LogP) is 3.14. The first-order valence-electron chi connectivity index (χ1n) is 4.77. The van der Waals surface area contributed by atoms with Gasteiger partial charge in [0.25, 0.3) is 0 Å². The number of benzene rings is 1. The van der Waals surface area contributed by atoms with Gasteiger partial charge in [-0.15, -0.1) is 6.58 Å². The molecule has 0 fully saturated rings. The molecule has 0 aliphatic carbocycles. The average Bonchev–Trinajstić information content (AvgIpc) is 2.14. The summed E-state index contributed by atoms with van der Waals surface area (Å²) < 4.78 is 26.7. The van der Waals surface area contributed by atoms with Crippen molar-refractivity contribution >= 4 is 0 Å². The Morgan fingerprint density at radius 1 is 1.40 bits per heavy atom. The van der Waals surface area contributed by atoms with Gasteiger partial charge in [0.2, 0.25) is 0 Å². The molecule has 0 saturated carbocycles. The first kappa shape index (κ1) is 11.9. The second kappa shape index (κ2) is 4.53. The Labute approximate surface area is 88.1 Å². The molecule has 1 aromatic carbocycles. The van der Waals surface area contributed by atoms with E-state index in [1.807, 2.05) is 0 Å². The van der Waals surface area contributed by atoms with E-state index < -0.39 is 17.2 Å². The van der Waals surface area contributed by atoms with Gasteiger partial charge in [-0.05, 0) is 31.9 Å². The number of hydrogen-bond acceptors (Lipinski definition) is 1. The van der Waals surface area contributed by atoms with Crippen molar-refractivity contribution in [2.24, 2.45) is 0 Å². The molecule has 0 bridgehead atoms. The number of hydrogen-bond donors (Lipinski definition) is 1. The molecule has 1 unspecified atom stereocenters. The average molecular weight is 212 g/mol. The molecular weight excluding hydrogens is 198 g/mol. The third-order valence-corrected chi connectivity index (χ3v) is 2.34. The van der Waals surface area contributed by atoms with Crippen LogP contribution in [-0.2, 0) is 5.60 Å². The van der Waals surface area contributed by atoms with E-state index in [2.05, 4.69) is 6.58 Å². The van der Waals surface area contributed by atoms with Crippen LogP contribution in [0.2, 0.25) is 0 Å². The molecule has 0 radical (unpaired) electrons. The third kappa shape index (κ3) is 2.63. The van der Waals surface area contributed by atoms with Gasteiger partial charge in [0.1, 0.15) is 11.6 Å². The van der Waals surface area contributed by atoms with E-state index in [9.17, 15) is 13.9 Å². The van der Waals surface area contributed by atoms with E-state index in [0.717, 1.165) is 12.1 Å². The standard InChI is InChI=1S/C12H14F2O/c1-3-4-8-12(2,15)11-9(13)6-5-7-10(11)14/h3,5-7,15H,1,4,8H2,2H3. The molecule has 1 atom stereocenters. The van der Waals surface area contributed by atoms with Crippen LogP contribution in [0.3, 0.4) is 0 Å². The quantitative estimate of drug-likeness (QED) is 0.760. The molecule has 0 spiro atoms. The number of rotatable bonds is 4. The van der Waals surface area contributed by atoms with E-state index in [1.165, 1.54) is 13.0 Å². The maximum atomic E-state index is 13.3. The summed E-state index contributed by atoms with van der Waals surface area (Å²) in [5.74, 6) is -1.44.